The average Bonchev–Trinajstić information content (AvgIpc) is 1.82. The Bertz CT molecular complexity index is 112. The number of carbonyl (C=O) groups excluding carboxylic acids is 1. The minimum atomic E-state index is -0.350. The molecule has 0 aromatic rings. The van der Waals surface area contributed by atoms with Gasteiger partial charge < -0.3 is 15.4 Å². The smallest absolute Gasteiger partial charge is 0.409 e. The number of ether oxygens (including phenoxy) is 1. The van der Waals surface area contributed by atoms with Crippen LogP contribution in [0, 0.1) is 0 Å². The summed E-state index contributed by atoms with van der Waals surface area (Å²) < 4.78 is 4.73. The molecule has 4 nitrogen and oxygen atoms in total. The topological polar surface area (TPSA) is 55.6 Å². The van der Waals surface area contributed by atoms with Crippen LogP contribution in [0.2, 0.25) is 0 Å². The Morgan fingerprint density at radius 2 is 2.20 bits per heavy atom. The van der Waals surface area contributed by atoms with Gasteiger partial charge in [-0.3, -0.25) is 0 Å². The van der Waals surface area contributed by atoms with Crippen molar-refractivity contribution in [1.82, 2.24) is 4.90 Å². The molecule has 0 aliphatic heterocycles. The Balaban J connectivity index is 3.40. The van der Waals surface area contributed by atoms with Gasteiger partial charge in [0.2, 0.25) is 0 Å². The minimum Gasteiger partial charge on any atom is -0.448 e. The molecule has 0 rings (SSSR count). The number of hydrogen-bond donors (Lipinski definition) is 1. The predicted molar refractivity (Wildman–Crippen MR) is 38.7 cm³/mol. The second-order valence-electron chi connectivity index (χ2n) is 2.45. The lowest BCUT2D eigenvalue weighted by Gasteiger charge is -2.11. The molecule has 0 spiro atoms. The van der Waals surface area contributed by atoms with Crippen molar-refractivity contribution in [1.29, 1.82) is 0 Å². The molecular weight excluding hydrogens is 132 g/mol. The Labute approximate surface area is 60.9 Å². The molecule has 1 unspecified atom stereocenters. The summed E-state index contributed by atoms with van der Waals surface area (Å²) in [7, 11) is 3.26. The Morgan fingerprint density at radius 1 is 1.70 bits per heavy atom. The molecule has 0 saturated carbocycles. The molecule has 1 atom stereocenters. The van der Waals surface area contributed by atoms with Gasteiger partial charge in [-0.05, 0) is 6.92 Å². The summed E-state index contributed by atoms with van der Waals surface area (Å²) in [6.07, 6.45) is -0.350. The van der Waals surface area contributed by atoms with Crippen molar-refractivity contribution in [2.45, 2.75) is 13.0 Å². The van der Waals surface area contributed by atoms with E-state index in [1.54, 1.807) is 21.0 Å². The van der Waals surface area contributed by atoms with Gasteiger partial charge in [-0.2, -0.15) is 0 Å². The molecule has 0 bridgehead atoms. The second-order valence-corrected chi connectivity index (χ2v) is 2.45. The molecule has 0 fully saturated rings. The lowest BCUT2D eigenvalue weighted by atomic mass is 10.4. The van der Waals surface area contributed by atoms with Gasteiger partial charge in [0.1, 0.15) is 6.61 Å². The molecule has 0 saturated heterocycles. The largest absolute Gasteiger partial charge is 0.448 e. The zero-order chi connectivity index (χ0) is 8.15. The second kappa shape index (κ2) is 4.11. The molecule has 0 aliphatic rings. The number of amides is 1. The van der Waals surface area contributed by atoms with E-state index in [0.29, 0.717) is 0 Å². The summed E-state index contributed by atoms with van der Waals surface area (Å²) in [5.41, 5.74) is 5.35. The van der Waals surface area contributed by atoms with E-state index in [4.69, 9.17) is 10.5 Å². The van der Waals surface area contributed by atoms with Gasteiger partial charge in [-0.1, -0.05) is 0 Å². The molecule has 0 heterocycles. The molecule has 60 valence electrons. The lowest BCUT2D eigenvalue weighted by molar-refractivity contribution is 0.114. The third-order valence-corrected chi connectivity index (χ3v) is 0.835. The minimum absolute atomic E-state index is 0.0936. The van der Waals surface area contributed by atoms with E-state index in [1.807, 2.05) is 0 Å². The molecule has 0 aliphatic carbocycles. The first-order valence-corrected chi connectivity index (χ1v) is 3.13. The SMILES string of the molecule is CC(N)COC(=O)N(C)C. The van der Waals surface area contributed by atoms with Gasteiger partial charge in [-0.15, -0.1) is 0 Å². The summed E-state index contributed by atoms with van der Waals surface area (Å²) in [5.74, 6) is 0. The number of nitrogens with two attached hydrogens (primary N) is 1. The van der Waals surface area contributed by atoms with E-state index in [1.165, 1.54) is 4.90 Å². The van der Waals surface area contributed by atoms with Crippen molar-refractivity contribution >= 4 is 6.09 Å². The summed E-state index contributed by atoms with van der Waals surface area (Å²) in [6.45, 7) is 2.06. The number of hydrogen-bond acceptors (Lipinski definition) is 3. The number of rotatable bonds is 2. The van der Waals surface area contributed by atoms with Crippen LogP contribution in [0.15, 0.2) is 0 Å². The van der Waals surface area contributed by atoms with Crippen LogP contribution in [0.4, 0.5) is 4.79 Å². The van der Waals surface area contributed by atoms with Gasteiger partial charge in [0.15, 0.2) is 0 Å². The van der Waals surface area contributed by atoms with Crippen LogP contribution in [-0.4, -0.2) is 37.7 Å². The molecular formula is C6H14N2O2. The highest BCUT2D eigenvalue weighted by Gasteiger charge is 2.04. The van der Waals surface area contributed by atoms with Crippen LogP contribution in [0.3, 0.4) is 0 Å². The van der Waals surface area contributed by atoms with Crippen LogP contribution in [-0.2, 0) is 4.74 Å². The average molecular weight is 146 g/mol. The highest BCUT2D eigenvalue weighted by atomic mass is 16.6. The van der Waals surface area contributed by atoms with Crippen LogP contribution >= 0.6 is 0 Å². The van der Waals surface area contributed by atoms with Gasteiger partial charge in [-0.25, -0.2) is 4.79 Å². The van der Waals surface area contributed by atoms with Crippen LogP contribution in [0.25, 0.3) is 0 Å². The summed E-state index contributed by atoms with van der Waals surface area (Å²) in [5, 5.41) is 0. The zero-order valence-corrected chi connectivity index (χ0v) is 6.63. The van der Waals surface area contributed by atoms with Crippen molar-refractivity contribution in [3.63, 3.8) is 0 Å². The van der Waals surface area contributed by atoms with Crippen LogP contribution in [0.1, 0.15) is 6.92 Å². The fraction of sp³-hybridized carbons (Fsp3) is 0.833. The first kappa shape index (κ1) is 9.23. The first-order chi connectivity index (χ1) is 4.54. The Morgan fingerprint density at radius 3 is 2.50 bits per heavy atom. The summed E-state index contributed by atoms with van der Waals surface area (Å²) in [6, 6.07) is -0.0936. The van der Waals surface area contributed by atoms with E-state index in [2.05, 4.69) is 0 Å². The van der Waals surface area contributed by atoms with Crippen molar-refractivity contribution in [3.8, 4) is 0 Å². The predicted octanol–water partition coefficient (Wildman–Crippen LogP) is 0.0318. The third kappa shape index (κ3) is 4.14. The Hall–Kier alpha value is -0.770. The number of carbonyl (C=O) groups is 1. The van der Waals surface area contributed by atoms with Crippen molar-refractivity contribution < 1.29 is 9.53 Å². The van der Waals surface area contributed by atoms with E-state index in [-0.39, 0.29) is 18.7 Å². The maximum Gasteiger partial charge on any atom is 0.409 e. The van der Waals surface area contributed by atoms with Gasteiger partial charge >= 0.3 is 6.09 Å². The fourth-order valence-electron chi connectivity index (χ4n) is 0.332. The highest BCUT2D eigenvalue weighted by molar-refractivity contribution is 5.66. The number of nitrogens with zero attached hydrogens (tertiary/aromatic N) is 1. The van der Waals surface area contributed by atoms with Crippen LogP contribution in [0.5, 0.6) is 0 Å². The molecule has 0 radical (unpaired) electrons. The quantitative estimate of drug-likeness (QED) is 0.598. The van der Waals surface area contributed by atoms with Gasteiger partial charge in [0.05, 0.1) is 0 Å². The molecule has 2 N–H and O–H groups in total. The molecule has 0 aromatic heterocycles. The first-order valence-electron chi connectivity index (χ1n) is 3.13. The maximum absolute atomic E-state index is 10.7. The highest BCUT2D eigenvalue weighted by Crippen LogP contribution is 1.86. The van der Waals surface area contributed by atoms with Gasteiger partial charge in [0.25, 0.3) is 0 Å². The standard InChI is InChI=1S/C6H14N2O2/c1-5(7)4-10-6(9)8(2)3/h5H,4,7H2,1-3H3. The third-order valence-electron chi connectivity index (χ3n) is 0.835. The molecule has 1 amide bonds. The van der Waals surface area contributed by atoms with Crippen molar-refractivity contribution in [2.24, 2.45) is 5.73 Å². The lowest BCUT2D eigenvalue weighted by Crippen LogP contribution is -2.29. The normalized spacial score (nSPS) is 12.4. The van der Waals surface area contributed by atoms with Crippen LogP contribution < -0.4 is 5.73 Å². The summed E-state index contributed by atoms with van der Waals surface area (Å²) >= 11 is 0. The van der Waals surface area contributed by atoms with E-state index in [9.17, 15) is 4.79 Å². The summed E-state index contributed by atoms with van der Waals surface area (Å²) in [4.78, 5) is 12.1. The fourth-order valence-corrected chi connectivity index (χ4v) is 0.332. The monoisotopic (exact) mass is 146 g/mol. The maximum atomic E-state index is 10.7. The van der Waals surface area contributed by atoms with E-state index in [0.717, 1.165) is 0 Å². The molecule has 0 aromatic carbocycles. The van der Waals surface area contributed by atoms with Gasteiger partial charge in [0, 0.05) is 20.1 Å². The Kier molecular flexibility index (Phi) is 3.79. The molecule has 10 heavy (non-hydrogen) atoms. The van der Waals surface area contributed by atoms with Crippen molar-refractivity contribution in [2.75, 3.05) is 20.7 Å². The van der Waals surface area contributed by atoms with E-state index >= 15 is 0 Å². The van der Waals surface area contributed by atoms with E-state index < -0.39 is 0 Å². The van der Waals surface area contributed by atoms with Crippen molar-refractivity contribution in [3.05, 3.63) is 0 Å². The zero-order valence-electron chi connectivity index (χ0n) is 6.63. The molecule has 4 heteroatoms.